The number of hydrogen-bond donors (Lipinski definition) is 1. The highest BCUT2D eigenvalue weighted by Gasteiger charge is 2.21. The Kier molecular flexibility index (Phi) is 4.73. The first kappa shape index (κ1) is 15.5. The van der Waals surface area contributed by atoms with Crippen molar-refractivity contribution in [1.29, 1.82) is 0 Å². The van der Waals surface area contributed by atoms with Gasteiger partial charge in [-0.25, -0.2) is 4.79 Å². The summed E-state index contributed by atoms with van der Waals surface area (Å²) < 4.78 is 0. The van der Waals surface area contributed by atoms with E-state index in [1.54, 1.807) is 4.90 Å². The number of rotatable bonds is 0. The van der Waals surface area contributed by atoms with Crippen LogP contribution in [0.4, 0.5) is 16.2 Å². The summed E-state index contributed by atoms with van der Waals surface area (Å²) >= 11 is 0. The largest absolute Gasteiger partial charge is 0.351 e. The number of nitrogens with two attached hydrogens (primary N) is 1. The molecule has 0 unspecified atom stereocenters. The molecule has 112 valence electrons. The van der Waals surface area contributed by atoms with Gasteiger partial charge < -0.3 is 10.5 Å². The first-order valence-electron chi connectivity index (χ1n) is 6.93. The van der Waals surface area contributed by atoms with E-state index < -0.39 is 6.03 Å². The van der Waals surface area contributed by atoms with Crippen LogP contribution in [0.1, 0.15) is 25.0 Å². The molecule has 0 saturated carbocycles. The predicted molar refractivity (Wildman–Crippen MR) is 89.9 cm³/mol. The number of carbonyl (C=O) groups excluding carboxylic acids is 2. The lowest BCUT2D eigenvalue weighted by Crippen LogP contribution is -2.32. The number of nitrogens with zero attached hydrogens (tertiary/aromatic N) is 1. The topological polar surface area (TPSA) is 63.4 Å². The van der Waals surface area contributed by atoms with E-state index in [2.05, 4.69) is 0 Å². The lowest BCUT2D eigenvalue weighted by atomic mass is 10.1. The minimum Gasteiger partial charge on any atom is -0.351 e. The number of anilines is 2. The van der Waals surface area contributed by atoms with Crippen molar-refractivity contribution in [3.8, 4) is 0 Å². The van der Waals surface area contributed by atoms with E-state index in [-0.39, 0.29) is 5.78 Å². The third kappa shape index (κ3) is 3.41. The fourth-order valence-electron chi connectivity index (χ4n) is 2.21. The number of para-hydroxylation sites is 2. The molecule has 3 rings (SSSR count). The highest BCUT2D eigenvalue weighted by molar-refractivity contribution is 6.04. The number of carbonyl (C=O) groups is 2. The van der Waals surface area contributed by atoms with Crippen molar-refractivity contribution in [2.24, 2.45) is 5.73 Å². The molecule has 0 atom stereocenters. The number of fused-ring (bicyclic) bond motifs is 2. The second kappa shape index (κ2) is 6.72. The molecular weight excluding hydrogens is 276 g/mol. The van der Waals surface area contributed by atoms with Crippen LogP contribution in [-0.4, -0.2) is 11.8 Å². The maximum atomic E-state index is 11.8. The number of amides is 2. The van der Waals surface area contributed by atoms with Crippen molar-refractivity contribution in [2.45, 2.75) is 13.8 Å². The van der Waals surface area contributed by atoms with Gasteiger partial charge in [-0.15, -0.1) is 0 Å². The molecule has 2 amide bonds. The maximum Gasteiger partial charge on any atom is 0.323 e. The van der Waals surface area contributed by atoms with Crippen molar-refractivity contribution in [3.63, 3.8) is 0 Å². The highest BCUT2D eigenvalue weighted by atomic mass is 16.2. The van der Waals surface area contributed by atoms with Gasteiger partial charge in [-0.05, 0) is 37.1 Å². The molecule has 0 radical (unpaired) electrons. The molecule has 0 aromatic heterocycles. The molecule has 0 spiro atoms. The van der Waals surface area contributed by atoms with E-state index >= 15 is 0 Å². The second-order valence-corrected chi connectivity index (χ2v) is 5.03. The lowest BCUT2D eigenvalue weighted by Gasteiger charge is -2.22. The van der Waals surface area contributed by atoms with E-state index in [1.807, 2.05) is 60.7 Å². The third-order valence-electron chi connectivity index (χ3n) is 3.02. The zero-order valence-corrected chi connectivity index (χ0v) is 12.6. The number of Topliss-reactive ketones (excluding diaryl/α,β-unsaturated/α-hetero) is 1. The predicted octanol–water partition coefficient (Wildman–Crippen LogP) is 3.98. The molecular formula is C18H18N2O2. The summed E-state index contributed by atoms with van der Waals surface area (Å²) in [5.41, 5.74) is 9.11. The van der Waals surface area contributed by atoms with Crippen molar-refractivity contribution in [3.05, 3.63) is 59.7 Å². The molecule has 0 aliphatic carbocycles. The summed E-state index contributed by atoms with van der Waals surface area (Å²) in [6.45, 7) is 3.06. The molecule has 1 heterocycles. The first-order chi connectivity index (χ1) is 10.5. The number of ketones is 1. The fourth-order valence-corrected chi connectivity index (χ4v) is 2.21. The molecule has 2 aromatic rings. The normalized spacial score (nSPS) is 11.5. The number of urea groups is 1. The monoisotopic (exact) mass is 294 g/mol. The van der Waals surface area contributed by atoms with Crippen LogP contribution in [0, 0.1) is 0 Å². The quantitative estimate of drug-likeness (QED) is 0.798. The van der Waals surface area contributed by atoms with E-state index in [9.17, 15) is 9.59 Å². The Labute approximate surface area is 129 Å². The SMILES string of the molecule is CC(C)=O.NC(=O)N1c2ccccc2C=Cc2ccccc21. The summed E-state index contributed by atoms with van der Waals surface area (Å²) in [5, 5.41) is 0. The summed E-state index contributed by atoms with van der Waals surface area (Å²) in [7, 11) is 0. The van der Waals surface area contributed by atoms with Crippen molar-refractivity contribution in [2.75, 3.05) is 4.90 Å². The van der Waals surface area contributed by atoms with Gasteiger partial charge >= 0.3 is 6.03 Å². The van der Waals surface area contributed by atoms with Crippen LogP contribution < -0.4 is 10.6 Å². The molecule has 4 heteroatoms. The van der Waals surface area contributed by atoms with Gasteiger partial charge in [0.05, 0.1) is 11.4 Å². The first-order valence-corrected chi connectivity index (χ1v) is 6.93. The Balaban J connectivity index is 0.000000396. The van der Waals surface area contributed by atoms with Crippen LogP contribution in [0.3, 0.4) is 0 Å². The summed E-state index contributed by atoms with van der Waals surface area (Å²) in [6, 6.07) is 14.9. The van der Waals surface area contributed by atoms with Gasteiger partial charge in [0.2, 0.25) is 0 Å². The molecule has 2 aromatic carbocycles. The molecule has 1 aliphatic rings. The van der Waals surface area contributed by atoms with E-state index in [0.717, 1.165) is 22.5 Å². The number of hydrogen-bond acceptors (Lipinski definition) is 2. The molecule has 22 heavy (non-hydrogen) atoms. The zero-order valence-electron chi connectivity index (χ0n) is 12.6. The van der Waals surface area contributed by atoms with Crippen LogP contribution >= 0.6 is 0 Å². The average Bonchev–Trinajstić information content (AvgIpc) is 2.63. The standard InChI is InChI=1S/C15H12N2O.C3H6O/c16-15(18)17-13-7-3-1-5-11(13)9-10-12-6-2-4-8-14(12)17;1-3(2)4/h1-10H,(H2,16,18);1-2H3. The Morgan fingerprint density at radius 2 is 1.18 bits per heavy atom. The van der Waals surface area contributed by atoms with Crippen molar-refractivity contribution >= 4 is 35.3 Å². The average molecular weight is 294 g/mol. The zero-order chi connectivity index (χ0) is 16.1. The maximum absolute atomic E-state index is 11.8. The van der Waals surface area contributed by atoms with Gasteiger partial charge in [-0.3, -0.25) is 4.90 Å². The molecule has 1 aliphatic heterocycles. The van der Waals surface area contributed by atoms with E-state index in [1.165, 1.54) is 13.8 Å². The van der Waals surface area contributed by atoms with Crippen LogP contribution in [0.25, 0.3) is 12.2 Å². The molecule has 4 nitrogen and oxygen atoms in total. The second-order valence-electron chi connectivity index (χ2n) is 5.03. The Morgan fingerprint density at radius 3 is 1.55 bits per heavy atom. The Bertz CT molecular complexity index is 682. The minimum atomic E-state index is -0.474. The van der Waals surface area contributed by atoms with Gasteiger partial charge in [-0.2, -0.15) is 0 Å². The van der Waals surface area contributed by atoms with Crippen LogP contribution in [-0.2, 0) is 4.79 Å². The van der Waals surface area contributed by atoms with Gasteiger partial charge in [0.15, 0.2) is 0 Å². The molecule has 2 N–H and O–H groups in total. The van der Waals surface area contributed by atoms with Crippen molar-refractivity contribution in [1.82, 2.24) is 0 Å². The summed E-state index contributed by atoms with van der Waals surface area (Å²) in [5.74, 6) is 0.167. The Hall–Kier alpha value is -2.88. The van der Waals surface area contributed by atoms with Crippen LogP contribution in [0.15, 0.2) is 48.5 Å². The minimum absolute atomic E-state index is 0.167. The van der Waals surface area contributed by atoms with E-state index in [0.29, 0.717) is 0 Å². The van der Waals surface area contributed by atoms with E-state index in [4.69, 9.17) is 5.73 Å². The van der Waals surface area contributed by atoms with Gasteiger partial charge in [0.1, 0.15) is 5.78 Å². The van der Waals surface area contributed by atoms with Crippen LogP contribution in [0.5, 0.6) is 0 Å². The molecule has 0 fully saturated rings. The van der Waals surface area contributed by atoms with Gasteiger partial charge in [0, 0.05) is 0 Å². The van der Waals surface area contributed by atoms with Gasteiger partial charge in [-0.1, -0.05) is 48.6 Å². The lowest BCUT2D eigenvalue weighted by molar-refractivity contribution is -0.114. The highest BCUT2D eigenvalue weighted by Crippen LogP contribution is 2.35. The smallest absolute Gasteiger partial charge is 0.323 e. The Morgan fingerprint density at radius 1 is 0.818 bits per heavy atom. The van der Waals surface area contributed by atoms with Crippen LogP contribution in [0.2, 0.25) is 0 Å². The van der Waals surface area contributed by atoms with Crippen molar-refractivity contribution < 1.29 is 9.59 Å². The molecule has 0 bridgehead atoms. The fraction of sp³-hybridized carbons (Fsp3) is 0.111. The number of primary amides is 1. The third-order valence-corrected chi connectivity index (χ3v) is 3.02. The summed E-state index contributed by atoms with van der Waals surface area (Å²) in [6.07, 6.45) is 3.99. The van der Waals surface area contributed by atoms with Gasteiger partial charge in [0.25, 0.3) is 0 Å². The summed E-state index contributed by atoms with van der Waals surface area (Å²) in [4.78, 5) is 22.7. The molecule has 0 saturated heterocycles. The number of benzene rings is 2.